The summed E-state index contributed by atoms with van der Waals surface area (Å²) in [5.74, 6) is -1.34. The summed E-state index contributed by atoms with van der Waals surface area (Å²) in [4.78, 5) is 12.6. The van der Waals surface area contributed by atoms with Crippen molar-refractivity contribution in [3.8, 4) is 28.3 Å². The van der Waals surface area contributed by atoms with Crippen molar-refractivity contribution in [2.24, 2.45) is 0 Å². The van der Waals surface area contributed by atoms with Crippen molar-refractivity contribution in [3.05, 3.63) is 76.6 Å². The van der Waals surface area contributed by atoms with E-state index in [4.69, 9.17) is 20.9 Å². The Hall–Kier alpha value is -3.59. The van der Waals surface area contributed by atoms with Crippen LogP contribution in [0.4, 0.5) is 13.2 Å². The lowest BCUT2D eigenvalue weighted by Crippen LogP contribution is -2.10. The maximum Gasteiger partial charge on any atom is 0.435 e. The summed E-state index contributed by atoms with van der Waals surface area (Å²) in [6.07, 6.45) is -3.69. The lowest BCUT2D eigenvalue weighted by molar-refractivity contribution is -0.140. The van der Waals surface area contributed by atoms with E-state index in [9.17, 15) is 18.0 Å². The number of rotatable bonds is 4. The molecule has 4 rings (SSSR count). The van der Waals surface area contributed by atoms with Crippen LogP contribution in [-0.4, -0.2) is 28.0 Å². The molecule has 2 aromatic heterocycles. The van der Waals surface area contributed by atoms with Gasteiger partial charge in [0.15, 0.2) is 11.5 Å². The van der Waals surface area contributed by atoms with E-state index in [1.54, 1.807) is 48.5 Å². The molecule has 0 spiro atoms. The van der Waals surface area contributed by atoms with Gasteiger partial charge in [-0.1, -0.05) is 52.7 Å². The van der Waals surface area contributed by atoms with E-state index in [1.807, 2.05) is 6.92 Å². The third-order valence-electron chi connectivity index (χ3n) is 4.74. The first-order valence-corrected chi connectivity index (χ1v) is 9.65. The van der Waals surface area contributed by atoms with Crippen molar-refractivity contribution in [3.63, 3.8) is 0 Å². The molecular formula is C22H15ClF3N3O3. The summed E-state index contributed by atoms with van der Waals surface area (Å²) in [7, 11) is 1.11. The van der Waals surface area contributed by atoms with Crippen molar-refractivity contribution in [2.75, 3.05) is 7.11 Å². The Labute approximate surface area is 185 Å². The number of nitrogens with zero attached hydrogens (tertiary/aromatic N) is 3. The highest BCUT2D eigenvalue weighted by atomic mass is 35.5. The zero-order chi connectivity index (χ0) is 23.0. The molecule has 0 fully saturated rings. The molecule has 6 nitrogen and oxygen atoms in total. The zero-order valence-electron chi connectivity index (χ0n) is 16.8. The Morgan fingerprint density at radius 3 is 2.41 bits per heavy atom. The summed E-state index contributed by atoms with van der Waals surface area (Å²) in [6, 6.07) is 13.2. The summed E-state index contributed by atoms with van der Waals surface area (Å²) in [5.41, 5.74) is -0.357. The third kappa shape index (κ3) is 3.87. The van der Waals surface area contributed by atoms with Crippen LogP contribution in [0.5, 0.6) is 0 Å². The second-order valence-corrected chi connectivity index (χ2v) is 7.28. The molecule has 164 valence electrons. The van der Waals surface area contributed by atoms with Crippen LogP contribution < -0.4 is 0 Å². The number of aryl methyl sites for hydroxylation is 1. The Kier molecular flexibility index (Phi) is 5.52. The number of carbonyl (C=O) groups excluding carboxylic acids is 1. The standard InChI is InChI=1S/C22H15ClF3N3O3/c1-12-7-9-13(10-8-12)29-11-15(20(27-29)22(24,25)26)19-17(21(30)31-2)18(28-32-19)14-5-3-4-6-16(14)23/h3-11H,1-2H3. The van der Waals surface area contributed by atoms with Gasteiger partial charge < -0.3 is 9.26 Å². The SMILES string of the molecule is COC(=O)c1c(-c2ccccc2Cl)noc1-c1cn(-c2ccc(C)cc2)nc1C(F)(F)F. The van der Waals surface area contributed by atoms with E-state index >= 15 is 0 Å². The van der Waals surface area contributed by atoms with Gasteiger partial charge in [0, 0.05) is 11.8 Å². The largest absolute Gasteiger partial charge is 0.465 e. The monoisotopic (exact) mass is 461 g/mol. The van der Waals surface area contributed by atoms with Gasteiger partial charge >= 0.3 is 12.1 Å². The number of esters is 1. The third-order valence-corrected chi connectivity index (χ3v) is 5.07. The van der Waals surface area contributed by atoms with E-state index < -0.39 is 29.2 Å². The fourth-order valence-corrected chi connectivity index (χ4v) is 3.41. The smallest absolute Gasteiger partial charge is 0.435 e. The van der Waals surface area contributed by atoms with Crippen LogP contribution in [0.15, 0.2) is 59.3 Å². The first kappa shape index (κ1) is 21.6. The number of benzene rings is 2. The minimum Gasteiger partial charge on any atom is -0.465 e. The Morgan fingerprint density at radius 2 is 1.78 bits per heavy atom. The molecule has 4 aromatic rings. The average molecular weight is 462 g/mol. The molecule has 0 aliphatic rings. The number of halogens is 4. The van der Waals surface area contributed by atoms with Crippen molar-refractivity contribution in [1.82, 2.24) is 14.9 Å². The van der Waals surface area contributed by atoms with Crippen LogP contribution in [0.2, 0.25) is 5.02 Å². The van der Waals surface area contributed by atoms with Gasteiger partial charge in [0.05, 0.1) is 23.4 Å². The van der Waals surface area contributed by atoms with Gasteiger partial charge in [-0.05, 0) is 25.1 Å². The minimum atomic E-state index is -4.82. The molecule has 0 radical (unpaired) electrons. The summed E-state index contributed by atoms with van der Waals surface area (Å²) < 4.78 is 52.7. The average Bonchev–Trinajstić information content (AvgIpc) is 3.38. The highest BCUT2D eigenvalue weighted by molar-refractivity contribution is 6.33. The summed E-state index contributed by atoms with van der Waals surface area (Å²) in [5, 5.41) is 7.79. The predicted molar refractivity (Wildman–Crippen MR) is 111 cm³/mol. The van der Waals surface area contributed by atoms with E-state index in [-0.39, 0.29) is 16.3 Å². The van der Waals surface area contributed by atoms with Crippen LogP contribution in [0.3, 0.4) is 0 Å². The van der Waals surface area contributed by atoms with Crippen LogP contribution >= 0.6 is 11.6 Å². The molecule has 0 amide bonds. The molecule has 0 saturated heterocycles. The zero-order valence-corrected chi connectivity index (χ0v) is 17.5. The van der Waals surface area contributed by atoms with Gasteiger partial charge in [0.25, 0.3) is 0 Å². The molecule has 0 unspecified atom stereocenters. The molecule has 0 atom stereocenters. The molecule has 2 aromatic carbocycles. The Bertz CT molecular complexity index is 1290. The molecule has 0 aliphatic carbocycles. The Balaban J connectivity index is 1.96. The Morgan fingerprint density at radius 1 is 1.09 bits per heavy atom. The lowest BCUT2D eigenvalue weighted by atomic mass is 10.0. The van der Waals surface area contributed by atoms with Crippen molar-refractivity contribution >= 4 is 17.6 Å². The molecule has 32 heavy (non-hydrogen) atoms. The highest BCUT2D eigenvalue weighted by Gasteiger charge is 2.41. The van der Waals surface area contributed by atoms with E-state index in [2.05, 4.69) is 10.3 Å². The number of alkyl halides is 3. The topological polar surface area (TPSA) is 70.2 Å². The van der Waals surface area contributed by atoms with Gasteiger partial charge in [-0.3, -0.25) is 0 Å². The first-order chi connectivity index (χ1) is 15.2. The number of hydrogen-bond acceptors (Lipinski definition) is 5. The van der Waals surface area contributed by atoms with Crippen molar-refractivity contribution in [2.45, 2.75) is 13.1 Å². The van der Waals surface area contributed by atoms with E-state index in [0.717, 1.165) is 23.6 Å². The van der Waals surface area contributed by atoms with Gasteiger partial charge in [-0.2, -0.15) is 18.3 Å². The number of methoxy groups -OCH3 is 1. The number of hydrogen-bond donors (Lipinski definition) is 0. The summed E-state index contributed by atoms with van der Waals surface area (Å²) >= 11 is 6.20. The number of carbonyl (C=O) groups is 1. The van der Waals surface area contributed by atoms with Gasteiger partial charge in [0.1, 0.15) is 11.3 Å². The van der Waals surface area contributed by atoms with Gasteiger partial charge in [-0.25, -0.2) is 9.48 Å². The van der Waals surface area contributed by atoms with Gasteiger partial charge in [-0.15, -0.1) is 0 Å². The number of ether oxygens (including phenoxy) is 1. The van der Waals surface area contributed by atoms with Crippen LogP contribution in [0, 0.1) is 6.92 Å². The van der Waals surface area contributed by atoms with Crippen LogP contribution in [-0.2, 0) is 10.9 Å². The molecule has 0 aliphatic heterocycles. The maximum absolute atomic E-state index is 13.9. The normalized spacial score (nSPS) is 11.6. The quantitative estimate of drug-likeness (QED) is 0.351. The molecular weight excluding hydrogens is 447 g/mol. The first-order valence-electron chi connectivity index (χ1n) is 9.28. The van der Waals surface area contributed by atoms with Gasteiger partial charge in [0.2, 0.25) is 0 Å². The predicted octanol–water partition coefficient (Wildman–Crippen LogP) is 5.96. The second kappa shape index (κ2) is 8.16. The van der Waals surface area contributed by atoms with Crippen LogP contribution in [0.1, 0.15) is 21.6 Å². The fraction of sp³-hybridized carbons (Fsp3) is 0.136. The van der Waals surface area contributed by atoms with Crippen molar-refractivity contribution < 1.29 is 27.2 Å². The molecule has 0 N–H and O–H groups in total. The molecule has 2 heterocycles. The van der Waals surface area contributed by atoms with E-state index in [0.29, 0.717) is 11.3 Å². The molecule has 0 saturated carbocycles. The highest BCUT2D eigenvalue weighted by Crippen LogP contribution is 2.41. The summed E-state index contributed by atoms with van der Waals surface area (Å²) in [6.45, 7) is 1.85. The maximum atomic E-state index is 13.9. The molecule has 10 heteroatoms. The minimum absolute atomic E-state index is 0.0336. The van der Waals surface area contributed by atoms with Crippen molar-refractivity contribution in [1.29, 1.82) is 0 Å². The molecule has 0 bridgehead atoms. The lowest BCUT2D eigenvalue weighted by Gasteiger charge is -2.06. The van der Waals surface area contributed by atoms with E-state index in [1.165, 1.54) is 0 Å². The van der Waals surface area contributed by atoms with Crippen LogP contribution in [0.25, 0.3) is 28.3 Å². The second-order valence-electron chi connectivity index (χ2n) is 6.88. The number of aromatic nitrogens is 3. The fourth-order valence-electron chi connectivity index (χ4n) is 3.18.